The summed E-state index contributed by atoms with van der Waals surface area (Å²) in [6, 6.07) is 6.02. The van der Waals surface area contributed by atoms with Crippen molar-refractivity contribution in [3.63, 3.8) is 0 Å². The predicted molar refractivity (Wildman–Crippen MR) is 116 cm³/mol. The molecule has 0 atom stereocenters. The number of carbonyl (C=O) groups is 2. The Morgan fingerprint density at radius 2 is 1.55 bits per heavy atom. The van der Waals surface area contributed by atoms with Crippen LogP contribution < -0.4 is 0 Å². The van der Waals surface area contributed by atoms with E-state index in [0.29, 0.717) is 25.9 Å². The number of non-ortho nitro benzene ring substituents is 1. The zero-order chi connectivity index (χ0) is 23.4. The summed E-state index contributed by atoms with van der Waals surface area (Å²) < 4.78 is 11.0. The summed E-state index contributed by atoms with van der Waals surface area (Å²) in [6.07, 6.45) is 0.378. The molecule has 1 fully saturated rings. The molecule has 31 heavy (non-hydrogen) atoms. The van der Waals surface area contributed by atoms with E-state index in [1.165, 1.54) is 12.1 Å². The highest BCUT2D eigenvalue weighted by Crippen LogP contribution is 2.24. The number of nitro groups is 1. The minimum Gasteiger partial charge on any atom is -0.444 e. The highest BCUT2D eigenvalue weighted by molar-refractivity contribution is 5.69. The normalized spacial score (nSPS) is 15.4. The minimum atomic E-state index is -0.651. The molecular formula is C22H33N3O6. The van der Waals surface area contributed by atoms with Gasteiger partial charge in [-0.15, -0.1) is 0 Å². The third-order valence-electron chi connectivity index (χ3n) is 4.69. The predicted octanol–water partition coefficient (Wildman–Crippen LogP) is 4.73. The highest BCUT2D eigenvalue weighted by Gasteiger charge is 2.33. The number of hydrogen-bond donors (Lipinski definition) is 0. The van der Waals surface area contributed by atoms with Gasteiger partial charge in [0, 0.05) is 37.8 Å². The second-order valence-electron chi connectivity index (χ2n) is 9.73. The van der Waals surface area contributed by atoms with Gasteiger partial charge >= 0.3 is 12.2 Å². The summed E-state index contributed by atoms with van der Waals surface area (Å²) in [6.45, 7) is 12.1. The van der Waals surface area contributed by atoms with Gasteiger partial charge < -0.3 is 19.3 Å². The van der Waals surface area contributed by atoms with Crippen molar-refractivity contribution in [2.45, 2.75) is 78.2 Å². The maximum Gasteiger partial charge on any atom is 0.410 e. The molecule has 0 N–H and O–H groups in total. The number of rotatable bonds is 4. The number of amides is 2. The van der Waals surface area contributed by atoms with Crippen LogP contribution in [0, 0.1) is 10.1 Å². The van der Waals surface area contributed by atoms with E-state index in [-0.39, 0.29) is 24.4 Å². The van der Waals surface area contributed by atoms with Gasteiger partial charge in [0.15, 0.2) is 0 Å². The van der Waals surface area contributed by atoms with Crippen molar-refractivity contribution in [2.75, 3.05) is 13.1 Å². The summed E-state index contributed by atoms with van der Waals surface area (Å²) in [5.74, 6) is 0. The zero-order valence-electron chi connectivity index (χ0n) is 19.2. The first-order chi connectivity index (χ1) is 14.2. The molecule has 1 aromatic carbocycles. The van der Waals surface area contributed by atoms with Crippen LogP contribution in [0.3, 0.4) is 0 Å². The van der Waals surface area contributed by atoms with Gasteiger partial charge in [0.25, 0.3) is 5.69 Å². The Balaban J connectivity index is 2.11. The lowest BCUT2D eigenvalue weighted by atomic mass is 10.0. The molecule has 172 valence electrons. The number of piperidine rings is 1. The quantitative estimate of drug-likeness (QED) is 0.500. The van der Waals surface area contributed by atoms with E-state index in [0.717, 1.165) is 5.56 Å². The molecule has 0 unspecified atom stereocenters. The van der Waals surface area contributed by atoms with Crippen LogP contribution in [-0.2, 0) is 16.0 Å². The summed E-state index contributed by atoms with van der Waals surface area (Å²) >= 11 is 0. The second kappa shape index (κ2) is 9.53. The molecule has 1 aliphatic rings. The smallest absolute Gasteiger partial charge is 0.410 e. The average Bonchev–Trinajstić information content (AvgIpc) is 2.64. The highest BCUT2D eigenvalue weighted by atomic mass is 16.6. The van der Waals surface area contributed by atoms with Gasteiger partial charge in [-0.05, 0) is 59.9 Å². The number of carbonyl (C=O) groups excluding carboxylic acids is 2. The standard InChI is InChI=1S/C22H33N3O6/c1-21(2,3)30-19(26)23-13-11-17(12-14-23)24(20(27)31-22(4,5)6)15-16-7-9-18(10-8-16)25(28)29/h7-10,17H,11-15H2,1-6H3. The van der Waals surface area contributed by atoms with Crippen molar-refractivity contribution in [1.29, 1.82) is 0 Å². The van der Waals surface area contributed by atoms with Gasteiger partial charge in [-0.2, -0.15) is 0 Å². The molecule has 2 amide bonds. The molecule has 1 aliphatic heterocycles. The largest absolute Gasteiger partial charge is 0.444 e. The van der Waals surface area contributed by atoms with Crippen LogP contribution in [0.5, 0.6) is 0 Å². The second-order valence-corrected chi connectivity index (χ2v) is 9.73. The van der Waals surface area contributed by atoms with Crippen molar-refractivity contribution in [3.05, 3.63) is 39.9 Å². The van der Waals surface area contributed by atoms with Crippen LogP contribution >= 0.6 is 0 Å². The molecule has 2 rings (SSSR count). The van der Waals surface area contributed by atoms with Crippen LogP contribution in [0.25, 0.3) is 0 Å². The minimum absolute atomic E-state index is 0.00163. The first-order valence-electron chi connectivity index (χ1n) is 10.5. The Kier molecular flexibility index (Phi) is 7.51. The Morgan fingerprint density at radius 3 is 2.00 bits per heavy atom. The molecule has 1 aromatic rings. The fourth-order valence-electron chi connectivity index (χ4n) is 3.27. The number of nitro benzene ring substituents is 1. The van der Waals surface area contributed by atoms with E-state index in [1.54, 1.807) is 42.7 Å². The Labute approximate surface area is 183 Å². The van der Waals surface area contributed by atoms with Gasteiger partial charge in [-0.1, -0.05) is 12.1 Å². The van der Waals surface area contributed by atoms with Crippen molar-refractivity contribution in [3.8, 4) is 0 Å². The number of nitrogens with zero attached hydrogens (tertiary/aromatic N) is 3. The molecule has 1 heterocycles. The third kappa shape index (κ3) is 7.73. The molecular weight excluding hydrogens is 402 g/mol. The van der Waals surface area contributed by atoms with Crippen LogP contribution in [-0.4, -0.2) is 57.2 Å². The van der Waals surface area contributed by atoms with Gasteiger partial charge in [0.2, 0.25) is 0 Å². The van der Waals surface area contributed by atoms with Gasteiger partial charge in [0.05, 0.1) is 4.92 Å². The summed E-state index contributed by atoms with van der Waals surface area (Å²) in [5.41, 5.74) is -0.446. The van der Waals surface area contributed by atoms with E-state index >= 15 is 0 Å². The van der Waals surface area contributed by atoms with Crippen LogP contribution in [0.1, 0.15) is 59.9 Å². The number of benzene rings is 1. The SMILES string of the molecule is CC(C)(C)OC(=O)N1CCC(N(Cc2ccc([N+](=O)[O-])cc2)C(=O)OC(C)(C)C)CC1. The van der Waals surface area contributed by atoms with Gasteiger partial charge in [-0.25, -0.2) is 9.59 Å². The molecule has 0 spiro atoms. The molecule has 9 nitrogen and oxygen atoms in total. The maximum absolute atomic E-state index is 12.9. The first kappa shape index (κ1) is 24.4. The summed E-state index contributed by atoms with van der Waals surface area (Å²) in [7, 11) is 0. The lowest BCUT2D eigenvalue weighted by Gasteiger charge is -2.39. The molecule has 0 radical (unpaired) electrons. The Hall–Kier alpha value is -2.84. The van der Waals surface area contributed by atoms with E-state index in [1.807, 2.05) is 20.8 Å². The third-order valence-corrected chi connectivity index (χ3v) is 4.69. The molecule has 0 bridgehead atoms. The lowest BCUT2D eigenvalue weighted by Crippen LogP contribution is -2.50. The number of ether oxygens (including phenoxy) is 2. The monoisotopic (exact) mass is 435 g/mol. The summed E-state index contributed by atoms with van der Waals surface area (Å²) in [4.78, 5) is 39.0. The van der Waals surface area contributed by atoms with E-state index in [4.69, 9.17) is 9.47 Å². The zero-order valence-corrected chi connectivity index (χ0v) is 19.2. The van der Waals surface area contributed by atoms with Crippen molar-refractivity contribution < 1.29 is 24.0 Å². The van der Waals surface area contributed by atoms with Gasteiger partial charge in [0.1, 0.15) is 11.2 Å². The molecule has 0 saturated carbocycles. The maximum atomic E-state index is 12.9. The van der Waals surface area contributed by atoms with E-state index in [2.05, 4.69) is 0 Å². The molecule has 9 heteroatoms. The van der Waals surface area contributed by atoms with Crippen LogP contribution in [0.4, 0.5) is 15.3 Å². The molecule has 0 aliphatic carbocycles. The Morgan fingerprint density at radius 1 is 1.03 bits per heavy atom. The lowest BCUT2D eigenvalue weighted by molar-refractivity contribution is -0.384. The van der Waals surface area contributed by atoms with Crippen molar-refractivity contribution >= 4 is 17.9 Å². The first-order valence-corrected chi connectivity index (χ1v) is 10.5. The van der Waals surface area contributed by atoms with Crippen LogP contribution in [0.15, 0.2) is 24.3 Å². The van der Waals surface area contributed by atoms with Crippen LogP contribution in [0.2, 0.25) is 0 Å². The topological polar surface area (TPSA) is 102 Å². The van der Waals surface area contributed by atoms with Crippen molar-refractivity contribution in [2.24, 2.45) is 0 Å². The number of likely N-dealkylation sites (tertiary alicyclic amines) is 1. The Bertz CT molecular complexity index is 787. The number of hydrogen-bond acceptors (Lipinski definition) is 6. The average molecular weight is 436 g/mol. The summed E-state index contributed by atoms with van der Waals surface area (Å²) in [5, 5.41) is 10.9. The fraction of sp³-hybridized carbons (Fsp3) is 0.636. The fourth-order valence-corrected chi connectivity index (χ4v) is 3.27. The van der Waals surface area contributed by atoms with Crippen molar-refractivity contribution in [1.82, 2.24) is 9.80 Å². The molecule has 0 aromatic heterocycles. The molecule has 1 saturated heterocycles. The van der Waals surface area contributed by atoms with E-state index < -0.39 is 22.2 Å². The van der Waals surface area contributed by atoms with Gasteiger partial charge in [-0.3, -0.25) is 10.1 Å². The van der Waals surface area contributed by atoms with E-state index in [9.17, 15) is 19.7 Å².